The summed E-state index contributed by atoms with van der Waals surface area (Å²) in [6.45, 7) is 0.0450. The molecule has 2 aromatic rings. The van der Waals surface area contributed by atoms with Gasteiger partial charge in [-0.25, -0.2) is 0 Å². The molecule has 1 aromatic heterocycles. The van der Waals surface area contributed by atoms with E-state index in [4.69, 9.17) is 16.6 Å². The molecule has 68 valence electrons. The number of rotatable bonds is 1. The highest BCUT2D eigenvalue weighted by Gasteiger charge is 2.05. The zero-order valence-corrected chi connectivity index (χ0v) is 7.77. The van der Waals surface area contributed by atoms with Crippen molar-refractivity contribution in [3.8, 4) is 0 Å². The molecular weight excluding hydrogens is 184 g/mol. The Morgan fingerprint density at radius 3 is 2.62 bits per heavy atom. The van der Waals surface area contributed by atoms with Gasteiger partial charge in [0.2, 0.25) is 0 Å². The van der Waals surface area contributed by atoms with Crippen molar-refractivity contribution in [3.05, 3.63) is 23.1 Å². The SMILES string of the molecule is Nc1cc2scc(CO)c2cc1N. The van der Waals surface area contributed by atoms with Gasteiger partial charge in [0, 0.05) is 10.1 Å². The molecule has 0 atom stereocenters. The number of fused-ring (bicyclic) bond motifs is 1. The van der Waals surface area contributed by atoms with Gasteiger partial charge < -0.3 is 16.6 Å². The minimum atomic E-state index is 0.0450. The third-order valence-corrected chi connectivity index (χ3v) is 3.02. The number of thiophene rings is 1. The molecular formula is C9H10N2OS. The number of hydrogen-bond acceptors (Lipinski definition) is 4. The molecule has 0 saturated carbocycles. The molecule has 2 rings (SSSR count). The molecule has 0 saturated heterocycles. The lowest BCUT2D eigenvalue weighted by Gasteiger charge is -2.00. The van der Waals surface area contributed by atoms with E-state index in [1.54, 1.807) is 11.3 Å². The third-order valence-electron chi connectivity index (χ3n) is 2.03. The summed E-state index contributed by atoms with van der Waals surface area (Å²) in [7, 11) is 0. The van der Waals surface area contributed by atoms with Crippen LogP contribution in [0.5, 0.6) is 0 Å². The van der Waals surface area contributed by atoms with Gasteiger partial charge in [-0.1, -0.05) is 0 Å². The Balaban J connectivity index is 2.77. The van der Waals surface area contributed by atoms with Gasteiger partial charge in [-0.2, -0.15) is 0 Å². The average molecular weight is 194 g/mol. The Labute approximate surface area is 79.6 Å². The standard InChI is InChI=1S/C9H10N2OS/c10-7-1-6-5(3-12)4-13-9(6)2-8(7)11/h1-2,4,12H,3,10-11H2. The summed E-state index contributed by atoms with van der Waals surface area (Å²) >= 11 is 1.57. The molecule has 0 fully saturated rings. The van der Waals surface area contributed by atoms with Gasteiger partial charge in [0.1, 0.15) is 0 Å². The molecule has 0 aliphatic rings. The first-order valence-corrected chi connectivity index (χ1v) is 4.76. The topological polar surface area (TPSA) is 72.3 Å². The van der Waals surface area contributed by atoms with Gasteiger partial charge in [0.25, 0.3) is 0 Å². The second kappa shape index (κ2) is 2.90. The lowest BCUT2D eigenvalue weighted by molar-refractivity contribution is 0.284. The largest absolute Gasteiger partial charge is 0.397 e. The normalized spacial score (nSPS) is 10.8. The molecule has 0 amide bonds. The van der Waals surface area contributed by atoms with Crippen LogP contribution in [0.15, 0.2) is 17.5 Å². The first-order chi connectivity index (χ1) is 6.22. The minimum Gasteiger partial charge on any atom is -0.397 e. The van der Waals surface area contributed by atoms with Crippen molar-refractivity contribution in [2.45, 2.75) is 6.61 Å². The molecule has 1 aromatic carbocycles. The summed E-state index contributed by atoms with van der Waals surface area (Å²) in [5.74, 6) is 0. The molecule has 0 radical (unpaired) electrons. The van der Waals surface area contributed by atoms with Crippen molar-refractivity contribution in [2.75, 3.05) is 11.5 Å². The second-order valence-corrected chi connectivity index (χ2v) is 3.81. The van der Waals surface area contributed by atoms with Gasteiger partial charge >= 0.3 is 0 Å². The number of nitrogens with two attached hydrogens (primary N) is 2. The predicted molar refractivity (Wildman–Crippen MR) is 56.6 cm³/mol. The van der Waals surface area contributed by atoms with Gasteiger partial charge in [-0.15, -0.1) is 11.3 Å². The number of nitrogen functional groups attached to an aromatic ring is 2. The van der Waals surface area contributed by atoms with Gasteiger partial charge in [0.05, 0.1) is 18.0 Å². The fourth-order valence-electron chi connectivity index (χ4n) is 1.28. The van der Waals surface area contributed by atoms with E-state index in [-0.39, 0.29) is 6.61 Å². The highest BCUT2D eigenvalue weighted by molar-refractivity contribution is 7.17. The number of anilines is 2. The van der Waals surface area contributed by atoms with Gasteiger partial charge in [0.15, 0.2) is 0 Å². The van der Waals surface area contributed by atoms with E-state index in [1.807, 2.05) is 17.5 Å². The van der Waals surface area contributed by atoms with Crippen molar-refractivity contribution in [3.63, 3.8) is 0 Å². The van der Waals surface area contributed by atoms with Gasteiger partial charge in [-0.3, -0.25) is 0 Å². The number of aliphatic hydroxyl groups excluding tert-OH is 1. The van der Waals surface area contributed by atoms with E-state index in [9.17, 15) is 0 Å². The van der Waals surface area contributed by atoms with Crippen LogP contribution in [-0.4, -0.2) is 5.11 Å². The Kier molecular flexibility index (Phi) is 1.86. The fourth-order valence-corrected chi connectivity index (χ4v) is 2.26. The van der Waals surface area contributed by atoms with Crippen LogP contribution in [-0.2, 0) is 6.61 Å². The summed E-state index contributed by atoms with van der Waals surface area (Å²) in [6, 6.07) is 3.65. The molecule has 5 N–H and O–H groups in total. The first-order valence-electron chi connectivity index (χ1n) is 3.88. The minimum absolute atomic E-state index is 0.0450. The molecule has 1 heterocycles. The second-order valence-electron chi connectivity index (χ2n) is 2.90. The van der Waals surface area contributed by atoms with Crippen LogP contribution >= 0.6 is 11.3 Å². The number of hydrogen-bond donors (Lipinski definition) is 3. The Morgan fingerprint density at radius 2 is 1.92 bits per heavy atom. The molecule has 13 heavy (non-hydrogen) atoms. The van der Waals surface area contributed by atoms with E-state index in [0.29, 0.717) is 11.4 Å². The number of aliphatic hydroxyl groups is 1. The van der Waals surface area contributed by atoms with E-state index in [2.05, 4.69) is 0 Å². The lowest BCUT2D eigenvalue weighted by atomic mass is 10.1. The summed E-state index contributed by atoms with van der Waals surface area (Å²) in [4.78, 5) is 0. The summed E-state index contributed by atoms with van der Waals surface area (Å²) < 4.78 is 1.07. The first kappa shape index (κ1) is 8.34. The van der Waals surface area contributed by atoms with Crippen LogP contribution < -0.4 is 11.5 Å². The molecule has 0 aliphatic heterocycles. The van der Waals surface area contributed by atoms with Crippen molar-refractivity contribution >= 4 is 32.8 Å². The van der Waals surface area contributed by atoms with Crippen molar-refractivity contribution in [1.29, 1.82) is 0 Å². The maximum atomic E-state index is 9.02. The molecule has 0 aliphatic carbocycles. The number of benzene rings is 1. The third kappa shape index (κ3) is 1.24. The highest BCUT2D eigenvalue weighted by Crippen LogP contribution is 2.31. The Bertz CT molecular complexity index is 450. The van der Waals surface area contributed by atoms with Crippen molar-refractivity contribution in [2.24, 2.45) is 0 Å². The van der Waals surface area contributed by atoms with E-state index < -0.39 is 0 Å². The van der Waals surface area contributed by atoms with E-state index in [1.165, 1.54) is 0 Å². The molecule has 0 spiro atoms. The zero-order chi connectivity index (χ0) is 9.42. The Morgan fingerprint density at radius 1 is 1.23 bits per heavy atom. The highest BCUT2D eigenvalue weighted by atomic mass is 32.1. The quantitative estimate of drug-likeness (QED) is 0.603. The summed E-state index contributed by atoms with van der Waals surface area (Å²) in [5.41, 5.74) is 13.4. The fraction of sp³-hybridized carbons (Fsp3) is 0.111. The van der Waals surface area contributed by atoms with Gasteiger partial charge in [-0.05, 0) is 23.1 Å². The Hall–Kier alpha value is -1.26. The average Bonchev–Trinajstić information content (AvgIpc) is 2.48. The maximum absolute atomic E-state index is 9.02. The smallest absolute Gasteiger partial charge is 0.0696 e. The van der Waals surface area contributed by atoms with Crippen LogP contribution in [0.2, 0.25) is 0 Å². The molecule has 3 nitrogen and oxygen atoms in total. The lowest BCUT2D eigenvalue weighted by Crippen LogP contribution is -1.93. The summed E-state index contributed by atoms with van der Waals surface area (Å²) in [6.07, 6.45) is 0. The monoisotopic (exact) mass is 194 g/mol. The molecule has 0 bridgehead atoms. The molecule has 4 heteroatoms. The maximum Gasteiger partial charge on any atom is 0.0696 e. The molecule has 0 unspecified atom stereocenters. The van der Waals surface area contributed by atoms with Crippen molar-refractivity contribution in [1.82, 2.24) is 0 Å². The van der Waals surface area contributed by atoms with Crippen LogP contribution in [0, 0.1) is 0 Å². The van der Waals surface area contributed by atoms with Crippen LogP contribution in [0.1, 0.15) is 5.56 Å². The summed E-state index contributed by atoms with van der Waals surface area (Å²) in [5, 5.41) is 11.9. The zero-order valence-electron chi connectivity index (χ0n) is 6.95. The van der Waals surface area contributed by atoms with Crippen LogP contribution in [0.25, 0.3) is 10.1 Å². The van der Waals surface area contributed by atoms with Crippen LogP contribution in [0.4, 0.5) is 11.4 Å². The van der Waals surface area contributed by atoms with Crippen molar-refractivity contribution < 1.29 is 5.11 Å². The van der Waals surface area contributed by atoms with E-state index >= 15 is 0 Å². The predicted octanol–water partition coefficient (Wildman–Crippen LogP) is 1.56. The van der Waals surface area contributed by atoms with E-state index in [0.717, 1.165) is 15.6 Å². The van der Waals surface area contributed by atoms with Crippen LogP contribution in [0.3, 0.4) is 0 Å².